The Balaban J connectivity index is 2.71. The van der Waals surface area contributed by atoms with Crippen molar-refractivity contribution in [3.05, 3.63) is 35.9 Å². The number of esters is 3. The van der Waals surface area contributed by atoms with Crippen molar-refractivity contribution in [2.45, 2.75) is 58.3 Å². The maximum Gasteiger partial charge on any atom is 0.338 e. The van der Waals surface area contributed by atoms with Gasteiger partial charge < -0.3 is 19.9 Å². The minimum Gasteiger partial charge on any atom is -0.464 e. The Morgan fingerprint density at radius 2 is 1.62 bits per heavy atom. The highest BCUT2D eigenvalue weighted by molar-refractivity contribution is 6.05. The van der Waals surface area contributed by atoms with Crippen LogP contribution < -0.4 is 5.73 Å². The van der Waals surface area contributed by atoms with E-state index >= 15 is 0 Å². The van der Waals surface area contributed by atoms with E-state index in [4.69, 9.17) is 19.9 Å². The van der Waals surface area contributed by atoms with Gasteiger partial charge in [0.1, 0.15) is 12.2 Å². The highest BCUT2D eigenvalue weighted by Crippen LogP contribution is 2.20. The maximum atomic E-state index is 12.4. The molecule has 0 saturated heterocycles. The Kier molecular flexibility index (Phi) is 7.76. The lowest BCUT2D eigenvalue weighted by Gasteiger charge is -2.29. The zero-order chi connectivity index (χ0) is 19.8. The molecule has 0 aliphatic carbocycles. The van der Waals surface area contributed by atoms with Crippen molar-refractivity contribution in [1.82, 2.24) is 0 Å². The third kappa shape index (κ3) is 6.84. The molecule has 0 saturated carbocycles. The van der Waals surface area contributed by atoms with Crippen molar-refractivity contribution < 1.29 is 28.6 Å². The molecule has 0 bridgehead atoms. The van der Waals surface area contributed by atoms with Crippen molar-refractivity contribution in [3.8, 4) is 0 Å². The van der Waals surface area contributed by atoms with Crippen LogP contribution in [-0.2, 0) is 35.2 Å². The Bertz CT molecular complexity index is 623. The van der Waals surface area contributed by atoms with Crippen molar-refractivity contribution in [2.75, 3.05) is 6.61 Å². The van der Waals surface area contributed by atoms with Crippen LogP contribution in [0.5, 0.6) is 0 Å². The molecule has 1 aromatic rings. The number of carbonyl (C=O) groups excluding carboxylic acids is 3. The number of ether oxygens (including phenoxy) is 3. The fourth-order valence-corrected chi connectivity index (χ4v) is 2.03. The van der Waals surface area contributed by atoms with Gasteiger partial charge in [-0.2, -0.15) is 0 Å². The summed E-state index contributed by atoms with van der Waals surface area (Å²) >= 11 is 0. The molecule has 0 amide bonds. The molecular formula is C19H27NO6. The van der Waals surface area contributed by atoms with Gasteiger partial charge in [-0.3, -0.25) is 4.79 Å². The van der Waals surface area contributed by atoms with Crippen molar-refractivity contribution in [2.24, 2.45) is 5.73 Å². The van der Waals surface area contributed by atoms with Crippen molar-refractivity contribution in [1.29, 1.82) is 0 Å². The van der Waals surface area contributed by atoms with E-state index in [1.165, 1.54) is 0 Å². The SMILES string of the molecule is CCOC(=O)C(N)(CCC(=O)OCc1ccccc1)C(=O)OC(C)(C)C. The number of nitrogens with two attached hydrogens (primary N) is 1. The minimum atomic E-state index is -2.06. The monoisotopic (exact) mass is 365 g/mol. The summed E-state index contributed by atoms with van der Waals surface area (Å²) in [5.74, 6) is -2.43. The maximum absolute atomic E-state index is 12.4. The van der Waals surface area contributed by atoms with Crippen LogP contribution in [-0.4, -0.2) is 35.7 Å². The van der Waals surface area contributed by atoms with E-state index in [1.807, 2.05) is 30.3 Å². The minimum absolute atomic E-state index is 0.0546. The first-order chi connectivity index (χ1) is 12.1. The molecule has 0 radical (unpaired) electrons. The van der Waals surface area contributed by atoms with Crippen molar-refractivity contribution in [3.63, 3.8) is 0 Å². The molecule has 1 atom stereocenters. The Labute approximate surface area is 153 Å². The van der Waals surface area contributed by atoms with Gasteiger partial charge in [0.05, 0.1) is 6.61 Å². The van der Waals surface area contributed by atoms with Gasteiger partial charge in [-0.1, -0.05) is 30.3 Å². The largest absolute Gasteiger partial charge is 0.464 e. The van der Waals surface area contributed by atoms with Gasteiger partial charge in [-0.05, 0) is 39.7 Å². The normalized spacial score (nSPS) is 13.4. The van der Waals surface area contributed by atoms with Crippen LogP contribution in [0.4, 0.5) is 0 Å². The molecule has 0 heterocycles. The third-order valence-electron chi connectivity index (χ3n) is 3.37. The molecule has 0 aliphatic heterocycles. The van der Waals surface area contributed by atoms with Crippen LogP contribution in [0.3, 0.4) is 0 Å². The average Bonchev–Trinajstić information content (AvgIpc) is 2.57. The molecule has 26 heavy (non-hydrogen) atoms. The number of hydrogen-bond donors (Lipinski definition) is 1. The quantitative estimate of drug-likeness (QED) is 0.427. The topological polar surface area (TPSA) is 105 Å². The molecule has 1 unspecified atom stereocenters. The van der Waals surface area contributed by atoms with E-state index < -0.39 is 29.0 Å². The van der Waals surface area contributed by atoms with Gasteiger partial charge >= 0.3 is 17.9 Å². The lowest BCUT2D eigenvalue weighted by molar-refractivity contribution is -0.172. The summed E-state index contributed by atoms with van der Waals surface area (Å²) < 4.78 is 15.2. The number of hydrogen-bond acceptors (Lipinski definition) is 7. The lowest BCUT2D eigenvalue weighted by atomic mass is 9.94. The summed E-state index contributed by atoms with van der Waals surface area (Å²) in [7, 11) is 0. The van der Waals surface area contributed by atoms with Gasteiger partial charge in [-0.15, -0.1) is 0 Å². The molecule has 0 aliphatic rings. The summed E-state index contributed by atoms with van der Waals surface area (Å²) in [6, 6.07) is 9.16. The molecule has 1 aromatic carbocycles. The fourth-order valence-electron chi connectivity index (χ4n) is 2.03. The number of benzene rings is 1. The molecular weight excluding hydrogens is 338 g/mol. The Hall–Kier alpha value is -2.41. The number of carbonyl (C=O) groups is 3. The van der Waals surface area contributed by atoms with E-state index in [1.54, 1.807) is 27.7 Å². The van der Waals surface area contributed by atoms with E-state index in [0.29, 0.717) is 0 Å². The highest BCUT2D eigenvalue weighted by atomic mass is 16.6. The van der Waals surface area contributed by atoms with Gasteiger partial charge in [0.15, 0.2) is 0 Å². The van der Waals surface area contributed by atoms with E-state index in [0.717, 1.165) is 5.56 Å². The first kappa shape index (κ1) is 21.6. The predicted molar refractivity (Wildman–Crippen MR) is 94.9 cm³/mol. The molecule has 1 rings (SSSR count). The van der Waals surface area contributed by atoms with Gasteiger partial charge in [0.2, 0.25) is 5.54 Å². The third-order valence-corrected chi connectivity index (χ3v) is 3.37. The average molecular weight is 365 g/mol. The second-order valence-corrected chi connectivity index (χ2v) is 6.84. The first-order valence-electron chi connectivity index (χ1n) is 8.47. The zero-order valence-corrected chi connectivity index (χ0v) is 15.7. The smallest absolute Gasteiger partial charge is 0.338 e. The summed E-state index contributed by atoms with van der Waals surface area (Å²) in [6.07, 6.45) is -0.490. The van der Waals surface area contributed by atoms with Crippen LogP contribution in [0.1, 0.15) is 46.1 Å². The van der Waals surface area contributed by atoms with E-state index in [9.17, 15) is 14.4 Å². The number of rotatable bonds is 8. The molecule has 0 aromatic heterocycles. The molecule has 0 fully saturated rings. The van der Waals surface area contributed by atoms with Crippen LogP contribution in [0.2, 0.25) is 0 Å². The molecule has 144 valence electrons. The predicted octanol–water partition coefficient (Wildman–Crippen LogP) is 2.11. The summed E-state index contributed by atoms with van der Waals surface area (Å²) in [4.78, 5) is 36.5. The van der Waals surface area contributed by atoms with Crippen molar-refractivity contribution >= 4 is 17.9 Å². The first-order valence-corrected chi connectivity index (χ1v) is 8.47. The van der Waals surface area contributed by atoms with Crippen LogP contribution >= 0.6 is 0 Å². The highest BCUT2D eigenvalue weighted by Gasteiger charge is 2.46. The molecule has 2 N–H and O–H groups in total. The van der Waals surface area contributed by atoms with Crippen LogP contribution in [0, 0.1) is 0 Å². The van der Waals surface area contributed by atoms with Crippen LogP contribution in [0.15, 0.2) is 30.3 Å². The van der Waals surface area contributed by atoms with Crippen LogP contribution in [0.25, 0.3) is 0 Å². The summed E-state index contributed by atoms with van der Waals surface area (Å²) in [5.41, 5.74) is 3.92. The standard InChI is InChI=1S/C19H27NO6/c1-5-24-16(22)19(20,17(23)26-18(2,3)4)12-11-15(21)25-13-14-9-7-6-8-10-14/h6-10H,5,11-13,20H2,1-4H3. The molecule has 7 nitrogen and oxygen atoms in total. The van der Waals surface area contributed by atoms with Gasteiger partial charge in [0.25, 0.3) is 0 Å². The summed E-state index contributed by atoms with van der Waals surface area (Å²) in [5, 5.41) is 0. The Morgan fingerprint density at radius 1 is 1.00 bits per heavy atom. The van der Waals surface area contributed by atoms with Gasteiger partial charge in [0, 0.05) is 6.42 Å². The molecule has 7 heteroatoms. The summed E-state index contributed by atoms with van der Waals surface area (Å²) in [6.45, 7) is 6.73. The van der Waals surface area contributed by atoms with E-state index in [-0.39, 0.29) is 26.1 Å². The fraction of sp³-hybridized carbons (Fsp3) is 0.526. The second-order valence-electron chi connectivity index (χ2n) is 6.84. The van der Waals surface area contributed by atoms with Gasteiger partial charge in [-0.25, -0.2) is 9.59 Å². The lowest BCUT2D eigenvalue weighted by Crippen LogP contribution is -2.58. The zero-order valence-electron chi connectivity index (χ0n) is 15.7. The van der Waals surface area contributed by atoms with E-state index in [2.05, 4.69) is 0 Å². The second kappa shape index (κ2) is 9.33. The Morgan fingerprint density at radius 3 is 2.15 bits per heavy atom. The molecule has 0 spiro atoms.